The average molecular weight is 395 g/mol. The van der Waals surface area contributed by atoms with Crippen LogP contribution in [0.5, 0.6) is 0 Å². The number of amides is 1. The first-order valence-corrected chi connectivity index (χ1v) is 9.80. The van der Waals surface area contributed by atoms with Gasteiger partial charge in [-0.05, 0) is 37.1 Å². The number of carbonyl (C=O) groups excluding carboxylic acids is 1. The van der Waals surface area contributed by atoms with E-state index in [9.17, 15) is 4.79 Å². The largest absolute Gasteiger partial charge is 0.337 e. The highest BCUT2D eigenvalue weighted by atomic mass is 16.2. The molecule has 1 saturated carbocycles. The first kappa shape index (κ1) is 16.8. The Bertz CT molecular complexity index is 1380. The minimum atomic E-state index is 0.0550. The molecule has 0 saturated heterocycles. The third-order valence-corrected chi connectivity index (χ3v) is 5.31. The van der Waals surface area contributed by atoms with E-state index < -0.39 is 0 Å². The van der Waals surface area contributed by atoms with Crippen LogP contribution in [0.25, 0.3) is 44.7 Å². The number of aromatic nitrogens is 6. The van der Waals surface area contributed by atoms with Crippen molar-refractivity contribution in [1.29, 1.82) is 0 Å². The Hall–Kier alpha value is -4.07. The molecule has 8 nitrogen and oxygen atoms in total. The van der Waals surface area contributed by atoms with Gasteiger partial charge in [-0.2, -0.15) is 5.10 Å². The van der Waals surface area contributed by atoms with Crippen molar-refractivity contribution in [2.75, 3.05) is 5.32 Å². The maximum atomic E-state index is 12.1. The van der Waals surface area contributed by atoms with Crippen LogP contribution in [0.4, 0.5) is 5.69 Å². The number of anilines is 1. The normalized spacial score (nSPS) is 13.7. The highest BCUT2D eigenvalue weighted by Gasteiger charge is 2.29. The third kappa shape index (κ3) is 2.89. The lowest BCUT2D eigenvalue weighted by Crippen LogP contribution is -2.13. The maximum absolute atomic E-state index is 12.1. The molecule has 0 bridgehead atoms. The van der Waals surface area contributed by atoms with Crippen molar-refractivity contribution in [1.82, 2.24) is 30.1 Å². The summed E-state index contributed by atoms with van der Waals surface area (Å²) in [6.45, 7) is 0. The van der Waals surface area contributed by atoms with Gasteiger partial charge in [-0.3, -0.25) is 19.9 Å². The first-order chi connectivity index (χ1) is 14.7. The van der Waals surface area contributed by atoms with Gasteiger partial charge in [-0.1, -0.05) is 12.1 Å². The Morgan fingerprint density at radius 2 is 1.97 bits per heavy atom. The van der Waals surface area contributed by atoms with E-state index in [-0.39, 0.29) is 11.8 Å². The summed E-state index contributed by atoms with van der Waals surface area (Å²) in [6.07, 6.45) is 7.06. The molecule has 5 aromatic rings. The smallest absolute Gasteiger partial charge is 0.227 e. The van der Waals surface area contributed by atoms with Crippen molar-refractivity contribution in [3.8, 4) is 22.8 Å². The standard InChI is InChI=1S/C22H17N7O/c30-22(12-5-6-12)25-14-7-13(9-23-10-14)18-8-15-19(11-24-18)28-29-20(15)21-26-16-3-1-2-4-17(16)27-21/h1-4,7-12H,5-6H2,(H,25,30)(H,26,27)(H,28,29). The predicted molar refractivity (Wildman–Crippen MR) is 114 cm³/mol. The Morgan fingerprint density at radius 3 is 2.83 bits per heavy atom. The summed E-state index contributed by atoms with van der Waals surface area (Å²) in [4.78, 5) is 28.9. The van der Waals surface area contributed by atoms with Gasteiger partial charge in [0.15, 0.2) is 5.82 Å². The van der Waals surface area contributed by atoms with Gasteiger partial charge in [0.25, 0.3) is 0 Å². The van der Waals surface area contributed by atoms with Crippen molar-refractivity contribution >= 4 is 33.5 Å². The second-order valence-electron chi connectivity index (χ2n) is 7.52. The quantitative estimate of drug-likeness (QED) is 0.427. The highest BCUT2D eigenvalue weighted by molar-refractivity contribution is 5.96. The summed E-state index contributed by atoms with van der Waals surface area (Å²) < 4.78 is 0. The van der Waals surface area contributed by atoms with E-state index in [1.165, 1.54) is 0 Å². The van der Waals surface area contributed by atoms with Gasteiger partial charge >= 0.3 is 0 Å². The molecular formula is C22H17N7O. The van der Waals surface area contributed by atoms with E-state index in [0.29, 0.717) is 11.5 Å². The molecule has 4 heterocycles. The molecule has 1 aromatic carbocycles. The number of aromatic amines is 2. The number of H-pyrrole nitrogens is 2. The second-order valence-corrected chi connectivity index (χ2v) is 7.52. The number of hydrogen-bond acceptors (Lipinski definition) is 5. The number of para-hydroxylation sites is 2. The van der Waals surface area contributed by atoms with Crippen LogP contribution in [0, 0.1) is 5.92 Å². The Labute approximate surface area is 170 Å². The fourth-order valence-corrected chi connectivity index (χ4v) is 3.56. The van der Waals surface area contributed by atoms with E-state index >= 15 is 0 Å². The highest BCUT2D eigenvalue weighted by Crippen LogP contribution is 2.31. The van der Waals surface area contributed by atoms with Crippen molar-refractivity contribution in [3.63, 3.8) is 0 Å². The van der Waals surface area contributed by atoms with Crippen LogP contribution in [0.2, 0.25) is 0 Å². The summed E-state index contributed by atoms with van der Waals surface area (Å²) in [6, 6.07) is 11.7. The monoisotopic (exact) mass is 395 g/mol. The van der Waals surface area contributed by atoms with Gasteiger partial charge in [-0.25, -0.2) is 4.98 Å². The van der Waals surface area contributed by atoms with Gasteiger partial charge in [0.05, 0.1) is 40.3 Å². The lowest BCUT2D eigenvalue weighted by Gasteiger charge is -2.06. The lowest BCUT2D eigenvalue weighted by molar-refractivity contribution is -0.117. The number of rotatable bonds is 4. The van der Waals surface area contributed by atoms with Crippen LogP contribution in [0.3, 0.4) is 0 Å². The Balaban J connectivity index is 1.40. The number of benzene rings is 1. The summed E-state index contributed by atoms with van der Waals surface area (Å²) in [7, 11) is 0. The molecule has 146 valence electrons. The topological polar surface area (TPSA) is 112 Å². The minimum absolute atomic E-state index is 0.0550. The molecule has 1 aliphatic rings. The number of nitrogens with zero attached hydrogens (tertiary/aromatic N) is 4. The van der Waals surface area contributed by atoms with Gasteiger partial charge in [0, 0.05) is 23.1 Å². The molecule has 0 atom stereocenters. The third-order valence-electron chi connectivity index (χ3n) is 5.31. The fourth-order valence-electron chi connectivity index (χ4n) is 3.56. The average Bonchev–Trinajstić information content (AvgIpc) is 3.40. The van der Waals surface area contributed by atoms with E-state index in [0.717, 1.165) is 51.7 Å². The van der Waals surface area contributed by atoms with Crippen molar-refractivity contribution in [3.05, 3.63) is 55.0 Å². The van der Waals surface area contributed by atoms with Gasteiger partial charge in [0.1, 0.15) is 5.69 Å². The number of pyridine rings is 2. The first-order valence-electron chi connectivity index (χ1n) is 9.80. The molecule has 6 rings (SSSR count). The van der Waals surface area contributed by atoms with Crippen LogP contribution in [0.15, 0.2) is 55.0 Å². The Kier molecular flexibility index (Phi) is 3.64. The number of carbonyl (C=O) groups is 1. The number of hydrogen-bond donors (Lipinski definition) is 3. The molecule has 4 aromatic heterocycles. The molecule has 8 heteroatoms. The molecule has 0 unspecified atom stereocenters. The van der Waals surface area contributed by atoms with Gasteiger partial charge < -0.3 is 10.3 Å². The lowest BCUT2D eigenvalue weighted by atomic mass is 10.1. The molecular weight excluding hydrogens is 378 g/mol. The van der Waals surface area contributed by atoms with E-state index in [1.807, 2.05) is 36.4 Å². The fraction of sp³-hybridized carbons (Fsp3) is 0.136. The predicted octanol–water partition coefficient (Wildman–Crippen LogP) is 3.91. The minimum Gasteiger partial charge on any atom is -0.337 e. The molecule has 0 aliphatic heterocycles. The summed E-state index contributed by atoms with van der Waals surface area (Å²) in [5.41, 5.74) is 5.65. The van der Waals surface area contributed by atoms with E-state index in [1.54, 1.807) is 18.6 Å². The van der Waals surface area contributed by atoms with Crippen LogP contribution in [-0.4, -0.2) is 36.0 Å². The van der Waals surface area contributed by atoms with Crippen LogP contribution in [-0.2, 0) is 4.79 Å². The molecule has 3 N–H and O–H groups in total. The number of nitrogens with one attached hydrogen (secondary N) is 3. The Morgan fingerprint density at radius 1 is 1.07 bits per heavy atom. The van der Waals surface area contributed by atoms with Crippen LogP contribution in [0.1, 0.15) is 12.8 Å². The second kappa shape index (κ2) is 6.48. The number of fused-ring (bicyclic) bond motifs is 2. The molecule has 1 aliphatic carbocycles. The van der Waals surface area contributed by atoms with Crippen molar-refractivity contribution in [2.24, 2.45) is 5.92 Å². The summed E-state index contributed by atoms with van der Waals surface area (Å²) in [5.74, 6) is 0.892. The van der Waals surface area contributed by atoms with E-state index in [4.69, 9.17) is 0 Å². The zero-order valence-electron chi connectivity index (χ0n) is 15.9. The SMILES string of the molecule is O=C(Nc1cncc(-c2cc3c(-c4nc5ccccc5[nH]4)n[nH]c3cn2)c1)C1CC1. The van der Waals surface area contributed by atoms with Crippen molar-refractivity contribution in [2.45, 2.75) is 12.8 Å². The van der Waals surface area contributed by atoms with Crippen LogP contribution >= 0.6 is 0 Å². The van der Waals surface area contributed by atoms with Crippen molar-refractivity contribution < 1.29 is 4.79 Å². The summed E-state index contributed by atoms with van der Waals surface area (Å²) in [5, 5.41) is 11.3. The zero-order valence-corrected chi connectivity index (χ0v) is 15.9. The van der Waals surface area contributed by atoms with Gasteiger partial charge in [-0.15, -0.1) is 0 Å². The number of imidazole rings is 1. The van der Waals surface area contributed by atoms with Crippen LogP contribution < -0.4 is 5.32 Å². The van der Waals surface area contributed by atoms with Gasteiger partial charge in [0.2, 0.25) is 5.91 Å². The molecule has 0 radical (unpaired) electrons. The van der Waals surface area contributed by atoms with E-state index in [2.05, 4.69) is 35.5 Å². The maximum Gasteiger partial charge on any atom is 0.227 e. The zero-order chi connectivity index (χ0) is 20.1. The molecule has 0 spiro atoms. The summed E-state index contributed by atoms with van der Waals surface area (Å²) >= 11 is 0. The molecule has 30 heavy (non-hydrogen) atoms. The molecule has 1 amide bonds. The molecule has 1 fully saturated rings.